The molecule has 0 aliphatic rings. The van der Waals surface area contributed by atoms with Gasteiger partial charge in [-0.25, -0.2) is 0 Å². The molecule has 5 heavy (non-hydrogen) atoms. The van der Waals surface area contributed by atoms with E-state index in [1.807, 2.05) is 0 Å². The van der Waals surface area contributed by atoms with Crippen LogP contribution in [-0.2, 0) is 5.70 Å². The van der Waals surface area contributed by atoms with Gasteiger partial charge in [0.25, 0.3) is 0 Å². The summed E-state index contributed by atoms with van der Waals surface area (Å²) < 4.78 is 20.4. The fourth-order valence-corrected chi connectivity index (χ4v) is 0. The monoisotopic (exact) mass is 204 g/mol. The summed E-state index contributed by atoms with van der Waals surface area (Å²) in [5.74, 6) is 0. The molecule has 0 saturated heterocycles. The Morgan fingerprint density at radius 2 is 2.20 bits per heavy atom. The Balaban J connectivity index is 2.85. The van der Waals surface area contributed by atoms with E-state index in [9.17, 15) is 3.08 Å². The zero-order valence-corrected chi connectivity index (χ0v) is 5.75. The van der Waals surface area contributed by atoms with Gasteiger partial charge in [-0.1, -0.05) is 0 Å². The standard InChI is InChI=1S/ClO.H2O.O.Sn/c1-2;;;/h;1H2;;/q-1;;;+2/p-1. The first-order valence-electron chi connectivity index (χ1n) is 0.786. The maximum atomic E-state index is 9.29. The van der Waals surface area contributed by atoms with Crippen molar-refractivity contribution in [3.05, 3.63) is 0 Å². The van der Waals surface area contributed by atoms with Crippen molar-refractivity contribution >= 4 is 32.4 Å². The molecular formula is HClO3Sn. The van der Waals surface area contributed by atoms with Crippen LogP contribution in [-0.4, -0.2) is 24.0 Å². The zero-order chi connectivity index (χ0) is 4.28. The van der Waals surface area contributed by atoms with Crippen molar-refractivity contribution in [3.63, 3.8) is 0 Å². The summed E-state index contributed by atoms with van der Waals surface area (Å²) in [6.07, 6.45) is 0. The Kier molecular flexibility index (Phi) is 3.50. The third-order valence-electron chi connectivity index (χ3n) is 0.0660. The van der Waals surface area contributed by atoms with Crippen LogP contribution < -0.4 is 0 Å². The van der Waals surface area contributed by atoms with Crippen LogP contribution in [0.25, 0.3) is 0 Å². The molecule has 0 atom stereocenters. The van der Waals surface area contributed by atoms with Crippen LogP contribution in [0.5, 0.6) is 0 Å². The topological polar surface area (TPSA) is 46.5 Å². The van der Waals surface area contributed by atoms with Crippen LogP contribution >= 0.6 is 11.9 Å². The van der Waals surface area contributed by atoms with Gasteiger partial charge in [0.15, 0.2) is 0 Å². The molecule has 0 aliphatic heterocycles. The van der Waals surface area contributed by atoms with E-state index < -0.39 is 20.6 Å². The Bertz CT molecular complexity index is 42.2. The Hall–Kier alpha value is 0.809. The van der Waals surface area contributed by atoms with E-state index in [-0.39, 0.29) is 0 Å². The number of halogens is 1. The van der Waals surface area contributed by atoms with Crippen molar-refractivity contribution in [2.75, 3.05) is 0 Å². The molecule has 0 aromatic rings. The van der Waals surface area contributed by atoms with Gasteiger partial charge in [-0.05, 0) is 0 Å². The molecule has 0 unspecified atom stereocenters. The molecular weight excluding hydrogens is 202 g/mol. The first-order chi connectivity index (χ1) is 2.27. The summed E-state index contributed by atoms with van der Waals surface area (Å²) in [5, 5.41) is 0. The minimum absolute atomic E-state index is 3.42. The number of hydrogen-bond acceptors (Lipinski definition) is 2. The second-order valence-electron chi connectivity index (χ2n) is 0.343. The van der Waals surface area contributed by atoms with Crippen LogP contribution in [0.1, 0.15) is 0 Å². The van der Waals surface area contributed by atoms with E-state index >= 15 is 0 Å². The van der Waals surface area contributed by atoms with Gasteiger partial charge in [-0.2, -0.15) is 0 Å². The van der Waals surface area contributed by atoms with Crippen LogP contribution in [0.2, 0.25) is 0 Å². The normalized spacial score (nSPS) is 7.60. The van der Waals surface area contributed by atoms with E-state index in [4.69, 9.17) is 3.44 Å². The Morgan fingerprint density at radius 1 is 2.00 bits per heavy atom. The third kappa shape index (κ3) is 4.81. The fourth-order valence-electron chi connectivity index (χ4n) is 0. The van der Waals surface area contributed by atoms with Gasteiger partial charge in [-0.3, -0.25) is 0 Å². The quantitative estimate of drug-likeness (QED) is 0.588. The Labute approximate surface area is 41.9 Å². The van der Waals surface area contributed by atoms with Crippen molar-refractivity contribution in [1.82, 2.24) is 0 Å². The van der Waals surface area contributed by atoms with Gasteiger partial charge in [0.05, 0.1) is 0 Å². The molecule has 0 fully saturated rings. The molecule has 1 N–H and O–H groups in total. The number of hydrogen-bond donors (Lipinski definition) is 1. The average Bonchev–Trinajstić information content (AvgIpc) is 1.38. The molecule has 5 heteroatoms. The minimum atomic E-state index is -3.56. The van der Waals surface area contributed by atoms with Gasteiger partial charge in [0, 0.05) is 0 Å². The molecule has 0 radical (unpaired) electrons. The van der Waals surface area contributed by atoms with Gasteiger partial charge in [0.2, 0.25) is 0 Å². The molecule has 0 aromatic heterocycles. The van der Waals surface area contributed by atoms with E-state index in [1.165, 1.54) is 0 Å². The first-order valence-corrected chi connectivity index (χ1v) is 4.70. The summed E-state index contributed by atoms with van der Waals surface area (Å²) >= 11 is 0.797. The Morgan fingerprint density at radius 3 is 2.20 bits per heavy atom. The molecule has 0 saturated carbocycles. The summed E-state index contributed by atoms with van der Waals surface area (Å²) in [7, 11) is 0. The van der Waals surface area contributed by atoms with Crippen molar-refractivity contribution < 1.29 is 9.15 Å². The summed E-state index contributed by atoms with van der Waals surface area (Å²) in [5.41, 5.74) is 0. The predicted molar refractivity (Wildman–Crippen MR) is 15.6 cm³/mol. The molecule has 3 nitrogen and oxygen atoms in total. The molecule has 0 spiro atoms. The van der Waals surface area contributed by atoms with E-state index in [0.717, 1.165) is 0 Å². The van der Waals surface area contributed by atoms with Gasteiger partial charge < -0.3 is 0 Å². The second-order valence-corrected chi connectivity index (χ2v) is 3.34. The molecule has 0 rings (SSSR count). The van der Waals surface area contributed by atoms with Crippen molar-refractivity contribution in [2.45, 2.75) is 0 Å². The zero-order valence-electron chi connectivity index (χ0n) is 2.14. The van der Waals surface area contributed by atoms with Gasteiger partial charge in [-0.15, -0.1) is 0 Å². The molecule has 0 bridgehead atoms. The van der Waals surface area contributed by atoms with Crippen LogP contribution in [0.3, 0.4) is 0 Å². The predicted octanol–water partition coefficient (Wildman–Crippen LogP) is -0.436. The van der Waals surface area contributed by atoms with Gasteiger partial charge >= 0.3 is 41.6 Å². The van der Waals surface area contributed by atoms with Crippen LogP contribution in [0.4, 0.5) is 0 Å². The second kappa shape index (κ2) is 3.02. The van der Waals surface area contributed by atoms with Crippen molar-refractivity contribution in [3.8, 4) is 0 Å². The first kappa shape index (κ1) is 5.81. The van der Waals surface area contributed by atoms with Crippen LogP contribution in [0.15, 0.2) is 0 Å². The van der Waals surface area contributed by atoms with Crippen LogP contribution in [0, 0.1) is 0 Å². The molecule has 0 heterocycles. The summed E-state index contributed by atoms with van der Waals surface area (Å²) in [6.45, 7) is 0. The fraction of sp³-hybridized carbons (Fsp3) is 0. The summed E-state index contributed by atoms with van der Waals surface area (Å²) in [6, 6.07) is 0. The summed E-state index contributed by atoms with van der Waals surface area (Å²) in [4.78, 5) is 0. The molecule has 0 aromatic carbocycles. The van der Waals surface area contributed by atoms with E-state index in [2.05, 4.69) is 14.5 Å². The van der Waals surface area contributed by atoms with E-state index in [0.29, 0.717) is 0 Å². The molecule has 0 aliphatic carbocycles. The van der Waals surface area contributed by atoms with Gasteiger partial charge in [0.1, 0.15) is 0 Å². The SMILES string of the molecule is [O]=[Sn]([OH])[O]Cl. The number of rotatable bonds is 1. The van der Waals surface area contributed by atoms with Crippen molar-refractivity contribution in [2.24, 2.45) is 0 Å². The third-order valence-corrected chi connectivity index (χ3v) is 1.33. The van der Waals surface area contributed by atoms with Crippen molar-refractivity contribution in [1.29, 1.82) is 0 Å². The molecule has 0 amide bonds. The maximum absolute atomic E-state index is 9.29. The average molecular weight is 203 g/mol. The van der Waals surface area contributed by atoms with E-state index in [1.54, 1.807) is 0 Å². The molecule has 30 valence electrons.